The molecule has 100 valence electrons. The van der Waals surface area contributed by atoms with Crippen LogP contribution >= 0.6 is 0 Å². The monoisotopic (exact) mass is 242 g/mol. The molecule has 0 aliphatic carbocycles. The van der Waals surface area contributed by atoms with Gasteiger partial charge in [0.25, 0.3) is 0 Å². The van der Waals surface area contributed by atoms with Crippen molar-refractivity contribution < 1.29 is 9.53 Å². The van der Waals surface area contributed by atoms with Crippen LogP contribution in [0.4, 0.5) is 0 Å². The first-order valence-corrected chi connectivity index (χ1v) is 6.52. The van der Waals surface area contributed by atoms with E-state index in [0.29, 0.717) is 19.1 Å². The summed E-state index contributed by atoms with van der Waals surface area (Å²) in [7, 11) is 1.89. The molecule has 1 aliphatic rings. The summed E-state index contributed by atoms with van der Waals surface area (Å²) in [5.41, 5.74) is 0. The van der Waals surface area contributed by atoms with Crippen molar-refractivity contribution in [2.45, 2.75) is 39.8 Å². The first-order valence-electron chi connectivity index (χ1n) is 6.52. The number of rotatable bonds is 5. The third-order valence-electron chi connectivity index (χ3n) is 3.24. The number of ether oxygens (including phenoxy) is 1. The van der Waals surface area contributed by atoms with Crippen molar-refractivity contribution in [2.75, 3.05) is 26.8 Å². The molecule has 1 rings (SSSR count). The van der Waals surface area contributed by atoms with Gasteiger partial charge in [0, 0.05) is 18.6 Å². The topological polar surface area (TPSA) is 41.6 Å². The van der Waals surface area contributed by atoms with E-state index in [-0.39, 0.29) is 23.9 Å². The van der Waals surface area contributed by atoms with E-state index in [1.807, 2.05) is 11.9 Å². The van der Waals surface area contributed by atoms with E-state index in [0.717, 1.165) is 6.54 Å². The molecule has 4 heteroatoms. The van der Waals surface area contributed by atoms with Crippen LogP contribution in [0.15, 0.2) is 0 Å². The predicted molar refractivity (Wildman–Crippen MR) is 68.8 cm³/mol. The molecule has 1 aliphatic heterocycles. The Labute approximate surface area is 105 Å². The van der Waals surface area contributed by atoms with Crippen molar-refractivity contribution in [1.82, 2.24) is 10.2 Å². The second kappa shape index (κ2) is 6.36. The molecule has 0 aromatic rings. The van der Waals surface area contributed by atoms with Gasteiger partial charge in [-0.05, 0) is 26.8 Å². The van der Waals surface area contributed by atoms with Gasteiger partial charge < -0.3 is 15.0 Å². The summed E-state index contributed by atoms with van der Waals surface area (Å²) in [5.74, 6) is 0.698. The maximum atomic E-state index is 12.5. The summed E-state index contributed by atoms with van der Waals surface area (Å²) in [6, 6.07) is 0.416. The number of nitrogens with one attached hydrogen (secondary N) is 1. The number of likely N-dealkylation sites (N-methyl/N-ethyl adjacent to an activating group) is 1. The summed E-state index contributed by atoms with van der Waals surface area (Å²) in [6.07, 6.45) is 0. The number of hydrogen-bond acceptors (Lipinski definition) is 3. The highest BCUT2D eigenvalue weighted by Gasteiger charge is 2.36. The first-order chi connectivity index (χ1) is 7.97. The maximum absolute atomic E-state index is 12.5. The van der Waals surface area contributed by atoms with Crippen molar-refractivity contribution >= 4 is 5.91 Å². The quantitative estimate of drug-likeness (QED) is 0.785. The van der Waals surface area contributed by atoms with Gasteiger partial charge in [-0.15, -0.1) is 0 Å². The summed E-state index contributed by atoms with van der Waals surface area (Å²) >= 11 is 0. The van der Waals surface area contributed by atoms with Gasteiger partial charge in [0.2, 0.25) is 5.91 Å². The average molecular weight is 242 g/mol. The van der Waals surface area contributed by atoms with Crippen molar-refractivity contribution in [3.63, 3.8) is 0 Å². The lowest BCUT2D eigenvalue weighted by molar-refractivity contribution is -0.138. The second-order valence-electron chi connectivity index (χ2n) is 5.52. The number of hydrogen-bond donors (Lipinski definition) is 1. The first kappa shape index (κ1) is 14.5. The van der Waals surface area contributed by atoms with Crippen molar-refractivity contribution in [2.24, 2.45) is 11.8 Å². The fraction of sp³-hybridized carbons (Fsp3) is 0.923. The van der Waals surface area contributed by atoms with Crippen LogP contribution in [0.1, 0.15) is 27.7 Å². The van der Waals surface area contributed by atoms with Gasteiger partial charge in [-0.25, -0.2) is 0 Å². The lowest BCUT2D eigenvalue weighted by atomic mass is 10.0. The average Bonchev–Trinajstić information content (AvgIpc) is 2.72. The third-order valence-corrected chi connectivity index (χ3v) is 3.24. The van der Waals surface area contributed by atoms with Gasteiger partial charge in [-0.1, -0.05) is 13.8 Å². The van der Waals surface area contributed by atoms with Crippen molar-refractivity contribution in [1.29, 1.82) is 0 Å². The predicted octanol–water partition coefficient (Wildman–Crippen LogP) is 1.11. The second-order valence-corrected chi connectivity index (χ2v) is 5.52. The zero-order chi connectivity index (χ0) is 13.0. The van der Waals surface area contributed by atoms with Crippen molar-refractivity contribution in [3.05, 3.63) is 0 Å². The number of nitrogens with zero attached hydrogens (tertiary/aromatic N) is 1. The molecule has 0 bridgehead atoms. The molecule has 1 amide bonds. The molecule has 1 saturated heterocycles. The van der Waals surface area contributed by atoms with Crippen LogP contribution < -0.4 is 5.32 Å². The Morgan fingerprint density at radius 3 is 2.47 bits per heavy atom. The van der Waals surface area contributed by atoms with E-state index >= 15 is 0 Å². The molecule has 0 saturated carbocycles. The van der Waals surface area contributed by atoms with Gasteiger partial charge in [0.05, 0.1) is 19.1 Å². The lowest BCUT2D eigenvalue weighted by Gasteiger charge is -2.32. The van der Waals surface area contributed by atoms with Gasteiger partial charge >= 0.3 is 0 Å². The molecule has 0 aromatic heterocycles. The molecule has 1 N–H and O–H groups in total. The van der Waals surface area contributed by atoms with E-state index in [2.05, 4.69) is 33.0 Å². The minimum absolute atomic E-state index is 0.0267. The molecular weight excluding hydrogens is 216 g/mol. The van der Waals surface area contributed by atoms with Crippen LogP contribution in [0.3, 0.4) is 0 Å². The van der Waals surface area contributed by atoms with Crippen LogP contribution in [0.2, 0.25) is 0 Å². The highest BCUT2D eigenvalue weighted by atomic mass is 16.5. The number of carbonyl (C=O) groups excluding carboxylic acids is 1. The van der Waals surface area contributed by atoms with E-state index in [9.17, 15) is 4.79 Å². The fourth-order valence-corrected chi connectivity index (χ4v) is 2.24. The molecule has 0 spiro atoms. The molecule has 2 unspecified atom stereocenters. The van der Waals surface area contributed by atoms with Crippen molar-refractivity contribution in [3.8, 4) is 0 Å². The molecule has 0 aromatic carbocycles. The summed E-state index contributed by atoms with van der Waals surface area (Å²) in [6.45, 7) is 10.4. The van der Waals surface area contributed by atoms with Crippen LogP contribution in [0.25, 0.3) is 0 Å². The Bertz CT molecular complexity index is 254. The summed E-state index contributed by atoms with van der Waals surface area (Å²) in [4.78, 5) is 14.5. The standard InChI is InChI=1S/C13H26N2O2/c1-9(2)6-15(10(3)4)13(16)11-7-17-8-12(11)14-5/h9-12,14H,6-8H2,1-5H3. The fourth-order valence-electron chi connectivity index (χ4n) is 2.24. The van der Waals surface area contributed by atoms with Gasteiger partial charge in [-0.3, -0.25) is 4.79 Å². The zero-order valence-electron chi connectivity index (χ0n) is 11.7. The minimum Gasteiger partial charge on any atom is -0.379 e. The summed E-state index contributed by atoms with van der Waals surface area (Å²) in [5, 5.41) is 3.17. The van der Waals surface area contributed by atoms with E-state index in [4.69, 9.17) is 4.74 Å². The Balaban J connectivity index is 2.70. The molecule has 1 heterocycles. The van der Waals surface area contributed by atoms with Crippen LogP contribution in [-0.4, -0.2) is 49.7 Å². The Morgan fingerprint density at radius 1 is 1.35 bits per heavy atom. The maximum Gasteiger partial charge on any atom is 0.229 e. The van der Waals surface area contributed by atoms with E-state index in [1.165, 1.54) is 0 Å². The number of carbonyl (C=O) groups is 1. The molecule has 17 heavy (non-hydrogen) atoms. The highest BCUT2D eigenvalue weighted by Crippen LogP contribution is 2.18. The Kier molecular flexibility index (Phi) is 5.40. The Hall–Kier alpha value is -0.610. The van der Waals surface area contributed by atoms with Gasteiger partial charge in [-0.2, -0.15) is 0 Å². The van der Waals surface area contributed by atoms with Crippen LogP contribution in [0, 0.1) is 11.8 Å². The normalized spacial score (nSPS) is 24.6. The third kappa shape index (κ3) is 3.68. The molecule has 2 atom stereocenters. The SMILES string of the molecule is CNC1COCC1C(=O)N(CC(C)C)C(C)C. The highest BCUT2D eigenvalue weighted by molar-refractivity contribution is 5.80. The largest absolute Gasteiger partial charge is 0.379 e. The molecule has 1 fully saturated rings. The summed E-state index contributed by atoms with van der Waals surface area (Å²) < 4.78 is 5.41. The number of amides is 1. The van der Waals surface area contributed by atoms with E-state index < -0.39 is 0 Å². The molecule has 0 radical (unpaired) electrons. The zero-order valence-corrected chi connectivity index (χ0v) is 11.7. The lowest BCUT2D eigenvalue weighted by Crippen LogP contribution is -2.48. The molecular formula is C13H26N2O2. The van der Waals surface area contributed by atoms with Crippen LogP contribution in [-0.2, 0) is 9.53 Å². The van der Waals surface area contributed by atoms with E-state index in [1.54, 1.807) is 0 Å². The Morgan fingerprint density at radius 2 is 2.00 bits per heavy atom. The smallest absolute Gasteiger partial charge is 0.229 e. The van der Waals surface area contributed by atoms with Gasteiger partial charge in [0.1, 0.15) is 0 Å². The van der Waals surface area contributed by atoms with Crippen LogP contribution in [0.5, 0.6) is 0 Å². The van der Waals surface area contributed by atoms with Gasteiger partial charge in [0.15, 0.2) is 0 Å². The minimum atomic E-state index is -0.0267. The molecule has 4 nitrogen and oxygen atoms in total.